The number of ether oxygens (including phenoxy) is 2. The average Bonchev–Trinajstić information content (AvgIpc) is 3.06. The molecule has 2 bridgehead atoms. The average molecular weight is 455 g/mol. The first kappa shape index (κ1) is 23.2. The standard InChI is InChI=1S/C28H38O5/c1-16(29)10-13-25(6)20-11-14-26(7)19-12-15-27(26,21(20)8-9-22(25)30)33-28(17(19)2)23(31)18(3)24(4,5)32-28/h8-9,11,14,17-19,23,31H,10,12-13,15H2,1-7H3/t17-,18-,19+,23+,25+,26+,27-,28?/m0/s1. The fourth-order valence-electron chi connectivity index (χ4n) is 7.71. The molecule has 5 nitrogen and oxygen atoms in total. The van der Waals surface area contributed by atoms with E-state index >= 15 is 0 Å². The lowest BCUT2D eigenvalue weighted by Gasteiger charge is -2.60. The quantitative estimate of drug-likeness (QED) is 0.670. The van der Waals surface area contributed by atoms with Crippen LogP contribution in [0.15, 0.2) is 35.5 Å². The summed E-state index contributed by atoms with van der Waals surface area (Å²) in [5.74, 6) is -0.739. The van der Waals surface area contributed by atoms with Gasteiger partial charge in [0.2, 0.25) is 0 Å². The molecule has 2 heterocycles. The van der Waals surface area contributed by atoms with Crippen molar-refractivity contribution in [2.24, 2.45) is 28.6 Å². The summed E-state index contributed by atoms with van der Waals surface area (Å²) in [6, 6.07) is 0. The normalized spacial score (nSPS) is 49.5. The SMILES string of the molecule is CC(=O)CC[C@@]1(C)C(=O)C=CC2=C1C=C[C@]1(C)[C@@H]3CC[C@]21OC1(OC(C)(C)[C@@H](C)[C@H]1O)[C@H]3C. The molecular weight excluding hydrogens is 416 g/mol. The van der Waals surface area contributed by atoms with Gasteiger partial charge in [0.15, 0.2) is 11.6 Å². The van der Waals surface area contributed by atoms with Crippen LogP contribution in [0.2, 0.25) is 0 Å². The molecule has 5 aliphatic rings. The Morgan fingerprint density at radius 3 is 2.36 bits per heavy atom. The van der Waals surface area contributed by atoms with Crippen molar-refractivity contribution in [2.75, 3.05) is 0 Å². The van der Waals surface area contributed by atoms with Gasteiger partial charge in [-0.15, -0.1) is 0 Å². The van der Waals surface area contributed by atoms with Crippen molar-refractivity contribution in [3.8, 4) is 0 Å². The van der Waals surface area contributed by atoms with E-state index in [-0.39, 0.29) is 34.7 Å². The van der Waals surface area contributed by atoms with Crippen LogP contribution in [0.4, 0.5) is 0 Å². The third-order valence-electron chi connectivity index (χ3n) is 10.3. The van der Waals surface area contributed by atoms with Gasteiger partial charge in [-0.3, -0.25) is 4.79 Å². The van der Waals surface area contributed by atoms with Crippen molar-refractivity contribution in [1.82, 2.24) is 0 Å². The molecule has 3 aliphatic carbocycles. The molecule has 1 saturated carbocycles. The van der Waals surface area contributed by atoms with Crippen LogP contribution in [0.3, 0.4) is 0 Å². The van der Waals surface area contributed by atoms with Gasteiger partial charge in [0.05, 0.1) is 11.0 Å². The fourth-order valence-corrected chi connectivity index (χ4v) is 7.71. The van der Waals surface area contributed by atoms with Gasteiger partial charge in [-0.2, -0.15) is 0 Å². The maximum Gasteiger partial charge on any atom is 0.199 e. The largest absolute Gasteiger partial charge is 0.387 e. The number of rotatable bonds is 3. The Labute approximate surface area is 197 Å². The Hall–Kier alpha value is -1.56. The van der Waals surface area contributed by atoms with Gasteiger partial charge in [-0.1, -0.05) is 39.0 Å². The van der Waals surface area contributed by atoms with E-state index in [1.54, 1.807) is 13.0 Å². The van der Waals surface area contributed by atoms with Crippen LogP contribution in [-0.2, 0) is 19.1 Å². The smallest absolute Gasteiger partial charge is 0.199 e. The van der Waals surface area contributed by atoms with E-state index in [1.165, 1.54) is 0 Å². The van der Waals surface area contributed by atoms with E-state index in [1.807, 2.05) is 33.8 Å². The van der Waals surface area contributed by atoms with Crippen LogP contribution < -0.4 is 0 Å². The second-order valence-electron chi connectivity index (χ2n) is 12.2. The summed E-state index contributed by atoms with van der Waals surface area (Å²) in [7, 11) is 0. The molecule has 1 unspecified atom stereocenters. The number of hydrogen-bond acceptors (Lipinski definition) is 5. The molecule has 33 heavy (non-hydrogen) atoms. The molecule has 5 rings (SSSR count). The predicted octanol–water partition coefficient (Wildman–Crippen LogP) is 4.69. The minimum absolute atomic E-state index is 0.0162. The summed E-state index contributed by atoms with van der Waals surface area (Å²) in [5, 5.41) is 11.5. The van der Waals surface area contributed by atoms with E-state index < -0.39 is 28.5 Å². The highest BCUT2D eigenvalue weighted by molar-refractivity contribution is 6.00. The first-order valence-electron chi connectivity index (χ1n) is 12.5. The molecular formula is C28H38O5. The number of aliphatic hydroxyl groups is 1. The number of aliphatic hydroxyl groups excluding tert-OH is 1. The lowest BCUT2D eigenvalue weighted by atomic mass is 9.54. The number of allylic oxidation sites excluding steroid dienone is 3. The molecule has 5 heteroatoms. The van der Waals surface area contributed by atoms with Gasteiger partial charge in [0.1, 0.15) is 17.5 Å². The van der Waals surface area contributed by atoms with Crippen LogP contribution >= 0.6 is 0 Å². The third-order valence-corrected chi connectivity index (χ3v) is 10.3. The van der Waals surface area contributed by atoms with Gasteiger partial charge < -0.3 is 19.4 Å². The van der Waals surface area contributed by atoms with Crippen molar-refractivity contribution in [1.29, 1.82) is 0 Å². The second-order valence-corrected chi connectivity index (χ2v) is 12.2. The summed E-state index contributed by atoms with van der Waals surface area (Å²) in [4.78, 5) is 24.9. The predicted molar refractivity (Wildman–Crippen MR) is 125 cm³/mol. The lowest BCUT2D eigenvalue weighted by molar-refractivity contribution is -0.369. The zero-order valence-electron chi connectivity index (χ0n) is 21.0. The summed E-state index contributed by atoms with van der Waals surface area (Å²) in [6.07, 6.45) is 9.88. The monoisotopic (exact) mass is 454 g/mol. The molecule has 1 spiro atoms. The van der Waals surface area contributed by atoms with Crippen LogP contribution in [0.5, 0.6) is 0 Å². The molecule has 1 N–H and O–H groups in total. The first-order valence-corrected chi connectivity index (χ1v) is 12.5. The Morgan fingerprint density at radius 2 is 1.76 bits per heavy atom. The number of carbonyl (C=O) groups is 2. The van der Waals surface area contributed by atoms with Gasteiger partial charge >= 0.3 is 0 Å². The van der Waals surface area contributed by atoms with Crippen molar-refractivity contribution in [3.05, 3.63) is 35.5 Å². The van der Waals surface area contributed by atoms with E-state index in [4.69, 9.17) is 9.47 Å². The molecule has 0 radical (unpaired) electrons. The van der Waals surface area contributed by atoms with Crippen LogP contribution in [0.25, 0.3) is 0 Å². The molecule has 2 aliphatic heterocycles. The second kappa shape index (κ2) is 6.77. The molecule has 8 atom stereocenters. The highest BCUT2D eigenvalue weighted by atomic mass is 16.7. The van der Waals surface area contributed by atoms with Crippen LogP contribution in [-0.4, -0.2) is 39.8 Å². The Kier molecular flexibility index (Phi) is 4.76. The summed E-state index contributed by atoms with van der Waals surface area (Å²) in [5.41, 5.74) is -0.222. The number of Topliss-reactive ketones (excluding diaryl/α,β-unsaturated/α-hetero) is 1. The fraction of sp³-hybridized carbons (Fsp3) is 0.714. The summed E-state index contributed by atoms with van der Waals surface area (Å²) < 4.78 is 13.8. The zero-order valence-corrected chi connectivity index (χ0v) is 21.0. The van der Waals surface area contributed by atoms with Gasteiger partial charge in [0.25, 0.3) is 0 Å². The van der Waals surface area contributed by atoms with Crippen molar-refractivity contribution >= 4 is 11.6 Å². The zero-order chi connectivity index (χ0) is 24.2. The van der Waals surface area contributed by atoms with Crippen molar-refractivity contribution in [2.45, 2.75) is 97.2 Å². The topological polar surface area (TPSA) is 72.8 Å². The third kappa shape index (κ3) is 2.65. The highest BCUT2D eigenvalue weighted by Crippen LogP contribution is 2.71. The van der Waals surface area contributed by atoms with E-state index in [0.717, 1.165) is 24.0 Å². The van der Waals surface area contributed by atoms with Crippen molar-refractivity contribution < 1.29 is 24.2 Å². The van der Waals surface area contributed by atoms with E-state index in [2.05, 4.69) is 26.0 Å². The van der Waals surface area contributed by atoms with Crippen molar-refractivity contribution in [3.63, 3.8) is 0 Å². The van der Waals surface area contributed by atoms with Crippen LogP contribution in [0.1, 0.15) is 74.1 Å². The molecule has 0 aromatic rings. The Balaban J connectivity index is 1.67. The molecule has 0 aromatic carbocycles. The number of carbonyl (C=O) groups excluding carboxylic acids is 2. The summed E-state index contributed by atoms with van der Waals surface area (Å²) >= 11 is 0. The maximum atomic E-state index is 13.1. The minimum atomic E-state index is -1.09. The molecule has 0 aromatic heterocycles. The molecule has 3 fully saturated rings. The maximum absolute atomic E-state index is 13.1. The first-order chi connectivity index (χ1) is 15.3. The van der Waals surface area contributed by atoms with E-state index in [9.17, 15) is 14.7 Å². The Bertz CT molecular complexity index is 1020. The van der Waals surface area contributed by atoms with Gasteiger partial charge in [-0.25, -0.2) is 0 Å². The molecule has 180 valence electrons. The van der Waals surface area contributed by atoms with Crippen LogP contribution in [0, 0.1) is 28.6 Å². The molecule has 0 amide bonds. The number of hydrogen-bond donors (Lipinski definition) is 1. The van der Waals surface area contributed by atoms with E-state index in [0.29, 0.717) is 12.8 Å². The number of ketones is 2. The molecule has 2 saturated heterocycles. The van der Waals surface area contributed by atoms with Gasteiger partial charge in [0, 0.05) is 23.7 Å². The minimum Gasteiger partial charge on any atom is -0.387 e. The Morgan fingerprint density at radius 1 is 1.06 bits per heavy atom. The van der Waals surface area contributed by atoms with Gasteiger partial charge in [-0.05, 0) is 70.1 Å². The highest BCUT2D eigenvalue weighted by Gasteiger charge is 2.75. The lowest BCUT2D eigenvalue weighted by Crippen LogP contribution is -2.67. The summed E-state index contributed by atoms with van der Waals surface area (Å²) in [6.45, 7) is 14.1.